The molecule has 1 heterocycles. The van der Waals surface area contributed by atoms with Crippen molar-refractivity contribution in [2.75, 3.05) is 7.11 Å². The van der Waals surface area contributed by atoms with Crippen LogP contribution in [0.3, 0.4) is 0 Å². The molecule has 2 aromatic rings. The summed E-state index contributed by atoms with van der Waals surface area (Å²) >= 11 is 0. The Morgan fingerprint density at radius 2 is 2.00 bits per heavy atom. The molecule has 1 aromatic heterocycles. The third-order valence-corrected chi connectivity index (χ3v) is 2.94. The van der Waals surface area contributed by atoms with Gasteiger partial charge >= 0.3 is 5.97 Å². The fourth-order valence-electron chi connectivity index (χ4n) is 2.16. The summed E-state index contributed by atoms with van der Waals surface area (Å²) in [5.74, 6) is -0.346. The average molecular weight is 245 g/mol. The van der Waals surface area contributed by atoms with Gasteiger partial charge in [0.2, 0.25) is 5.56 Å². The van der Waals surface area contributed by atoms with Crippen molar-refractivity contribution in [3.8, 4) is 0 Å². The number of aromatic nitrogens is 1. The molecule has 4 heteroatoms. The van der Waals surface area contributed by atoms with E-state index in [0.29, 0.717) is 5.56 Å². The van der Waals surface area contributed by atoms with Crippen molar-refractivity contribution in [2.24, 2.45) is 0 Å². The lowest BCUT2D eigenvalue weighted by Gasteiger charge is -2.08. The Balaban J connectivity index is 2.71. The second kappa shape index (κ2) is 4.64. The number of rotatable bonds is 2. The Kier molecular flexibility index (Phi) is 3.19. The molecule has 4 nitrogen and oxygen atoms in total. The fourth-order valence-corrected chi connectivity index (χ4v) is 2.16. The van der Waals surface area contributed by atoms with Crippen molar-refractivity contribution in [3.63, 3.8) is 0 Å². The molecular formula is C14H15NO3. The molecule has 0 radical (unpaired) electrons. The molecule has 0 aliphatic carbocycles. The normalized spacial score (nSPS) is 10.6. The largest absolute Gasteiger partial charge is 0.469 e. The number of pyridine rings is 1. The Morgan fingerprint density at radius 1 is 1.28 bits per heavy atom. The average Bonchev–Trinajstić information content (AvgIpc) is 2.30. The van der Waals surface area contributed by atoms with Crippen LogP contribution >= 0.6 is 0 Å². The summed E-state index contributed by atoms with van der Waals surface area (Å²) in [6.07, 6.45) is 0.111. The second-order valence-corrected chi connectivity index (χ2v) is 4.42. The Hall–Kier alpha value is -2.10. The summed E-state index contributed by atoms with van der Waals surface area (Å²) in [4.78, 5) is 25.8. The van der Waals surface area contributed by atoms with Gasteiger partial charge in [-0.15, -0.1) is 0 Å². The number of aromatic amines is 1. The van der Waals surface area contributed by atoms with Crippen LogP contribution in [0, 0.1) is 13.8 Å². The van der Waals surface area contributed by atoms with Crippen molar-refractivity contribution >= 4 is 16.9 Å². The van der Waals surface area contributed by atoms with Gasteiger partial charge in [-0.25, -0.2) is 0 Å². The quantitative estimate of drug-likeness (QED) is 0.821. The number of hydrogen-bond donors (Lipinski definition) is 1. The minimum Gasteiger partial charge on any atom is -0.469 e. The van der Waals surface area contributed by atoms with E-state index in [2.05, 4.69) is 9.72 Å². The zero-order chi connectivity index (χ0) is 13.3. The van der Waals surface area contributed by atoms with E-state index in [9.17, 15) is 9.59 Å². The lowest BCUT2D eigenvalue weighted by Crippen LogP contribution is -2.12. The van der Waals surface area contributed by atoms with Gasteiger partial charge < -0.3 is 9.72 Å². The van der Waals surface area contributed by atoms with Gasteiger partial charge in [-0.1, -0.05) is 11.6 Å². The minimum absolute atomic E-state index is 0.111. The van der Waals surface area contributed by atoms with Crippen molar-refractivity contribution in [1.82, 2.24) is 4.98 Å². The van der Waals surface area contributed by atoms with Crippen LogP contribution in [0.1, 0.15) is 16.7 Å². The molecule has 0 atom stereocenters. The van der Waals surface area contributed by atoms with E-state index in [1.54, 1.807) is 0 Å². The number of carbonyl (C=O) groups excluding carboxylic acids is 1. The smallest absolute Gasteiger partial charge is 0.310 e. The maximum Gasteiger partial charge on any atom is 0.310 e. The number of ether oxygens (including phenoxy) is 1. The summed E-state index contributed by atoms with van der Waals surface area (Å²) < 4.78 is 4.65. The van der Waals surface area contributed by atoms with Gasteiger partial charge in [0, 0.05) is 11.5 Å². The molecule has 1 N–H and O–H groups in total. The molecule has 0 fully saturated rings. The number of fused-ring (bicyclic) bond motifs is 1. The molecule has 0 bridgehead atoms. The summed E-state index contributed by atoms with van der Waals surface area (Å²) in [7, 11) is 1.34. The van der Waals surface area contributed by atoms with Crippen LogP contribution in [0.2, 0.25) is 0 Å². The number of esters is 1. The summed E-state index contributed by atoms with van der Waals surface area (Å²) in [5, 5.41) is 0.900. The monoisotopic (exact) mass is 245 g/mol. The van der Waals surface area contributed by atoms with Crippen LogP contribution in [0.5, 0.6) is 0 Å². The van der Waals surface area contributed by atoms with Crippen LogP contribution in [0.25, 0.3) is 10.9 Å². The molecule has 0 aliphatic rings. The topological polar surface area (TPSA) is 59.2 Å². The lowest BCUT2D eigenvalue weighted by molar-refractivity contribution is -0.139. The first-order valence-electron chi connectivity index (χ1n) is 5.71. The molecule has 0 saturated heterocycles. The van der Waals surface area contributed by atoms with Crippen molar-refractivity contribution in [1.29, 1.82) is 0 Å². The number of benzene rings is 1. The second-order valence-electron chi connectivity index (χ2n) is 4.42. The first-order chi connectivity index (χ1) is 8.51. The Bertz CT molecular complexity index is 671. The fraction of sp³-hybridized carbons (Fsp3) is 0.286. The molecule has 0 aliphatic heterocycles. The Morgan fingerprint density at radius 3 is 2.67 bits per heavy atom. The number of hydrogen-bond acceptors (Lipinski definition) is 3. The molecule has 0 amide bonds. The van der Waals surface area contributed by atoms with Crippen LogP contribution in [0.15, 0.2) is 23.0 Å². The molecule has 0 saturated carbocycles. The maximum atomic E-state index is 11.6. The molecular weight excluding hydrogens is 230 g/mol. The van der Waals surface area contributed by atoms with Gasteiger partial charge in [0.15, 0.2) is 0 Å². The molecule has 2 rings (SSSR count). The molecule has 0 unspecified atom stereocenters. The van der Waals surface area contributed by atoms with Crippen molar-refractivity contribution in [2.45, 2.75) is 20.3 Å². The highest BCUT2D eigenvalue weighted by Crippen LogP contribution is 2.21. The number of H-pyrrole nitrogens is 1. The molecule has 0 spiro atoms. The molecule has 18 heavy (non-hydrogen) atoms. The van der Waals surface area contributed by atoms with E-state index < -0.39 is 0 Å². The first kappa shape index (κ1) is 12.4. The van der Waals surface area contributed by atoms with Crippen molar-refractivity contribution in [3.05, 3.63) is 45.2 Å². The number of nitrogens with one attached hydrogen (secondary N) is 1. The predicted octanol–water partition coefficient (Wildman–Crippen LogP) is 1.86. The van der Waals surface area contributed by atoms with Crippen LogP contribution in [0.4, 0.5) is 0 Å². The number of methoxy groups -OCH3 is 1. The maximum absolute atomic E-state index is 11.6. The predicted molar refractivity (Wildman–Crippen MR) is 69.8 cm³/mol. The van der Waals surface area contributed by atoms with Gasteiger partial charge in [-0.2, -0.15) is 0 Å². The van der Waals surface area contributed by atoms with Gasteiger partial charge in [0.25, 0.3) is 0 Å². The van der Waals surface area contributed by atoms with E-state index >= 15 is 0 Å². The number of carbonyl (C=O) groups is 1. The highest BCUT2D eigenvalue weighted by molar-refractivity contribution is 5.88. The third-order valence-electron chi connectivity index (χ3n) is 2.94. The van der Waals surface area contributed by atoms with E-state index in [4.69, 9.17) is 0 Å². The van der Waals surface area contributed by atoms with Gasteiger partial charge in [-0.3, -0.25) is 9.59 Å². The molecule has 1 aromatic carbocycles. The van der Waals surface area contributed by atoms with E-state index in [1.807, 2.05) is 26.0 Å². The minimum atomic E-state index is -0.346. The summed E-state index contributed by atoms with van der Waals surface area (Å²) in [5.41, 5.74) is 3.37. The highest BCUT2D eigenvalue weighted by Gasteiger charge is 2.10. The SMILES string of the molecule is COC(=O)Cc1cc(=O)[nH]c2c(C)cc(C)cc12. The van der Waals surface area contributed by atoms with Crippen molar-refractivity contribution < 1.29 is 9.53 Å². The highest BCUT2D eigenvalue weighted by atomic mass is 16.5. The standard InChI is InChI=1S/C14H15NO3/c1-8-4-9(2)14-11(5-8)10(6-12(16)15-14)7-13(17)18-3/h4-6H,7H2,1-3H3,(H,15,16). The lowest BCUT2D eigenvalue weighted by atomic mass is 10.0. The first-order valence-corrected chi connectivity index (χ1v) is 5.71. The van der Waals surface area contributed by atoms with Gasteiger partial charge in [0.1, 0.15) is 0 Å². The van der Waals surface area contributed by atoms with Gasteiger partial charge in [0.05, 0.1) is 19.0 Å². The van der Waals surface area contributed by atoms with Crippen LogP contribution in [-0.2, 0) is 16.0 Å². The number of aryl methyl sites for hydroxylation is 2. The molecule has 94 valence electrons. The van der Waals surface area contributed by atoms with E-state index in [0.717, 1.165) is 22.0 Å². The van der Waals surface area contributed by atoms with Gasteiger partial charge in [-0.05, 0) is 31.0 Å². The zero-order valence-electron chi connectivity index (χ0n) is 10.7. The van der Waals surface area contributed by atoms with Crippen LogP contribution < -0.4 is 5.56 Å². The Labute approximate surface area is 105 Å². The summed E-state index contributed by atoms with van der Waals surface area (Å²) in [6, 6.07) is 5.43. The van der Waals surface area contributed by atoms with E-state index in [-0.39, 0.29) is 17.9 Å². The summed E-state index contributed by atoms with van der Waals surface area (Å²) in [6.45, 7) is 3.92. The third kappa shape index (κ3) is 2.27. The van der Waals surface area contributed by atoms with E-state index in [1.165, 1.54) is 13.2 Å². The zero-order valence-corrected chi connectivity index (χ0v) is 10.7. The van der Waals surface area contributed by atoms with Crippen LogP contribution in [-0.4, -0.2) is 18.1 Å².